The van der Waals surface area contributed by atoms with E-state index >= 15 is 0 Å². The van der Waals surface area contributed by atoms with Crippen LogP contribution < -0.4 is 0 Å². The quantitative estimate of drug-likeness (QED) is 0.745. The second kappa shape index (κ2) is 6.55. The Morgan fingerprint density at radius 3 is 2.39 bits per heavy atom. The first-order valence-corrected chi connectivity index (χ1v) is 8.32. The minimum Gasteiger partial charge on any atom is -0.385 e. The summed E-state index contributed by atoms with van der Waals surface area (Å²) in [6.45, 7) is 6.96. The molecule has 0 amide bonds. The highest BCUT2D eigenvalue weighted by Gasteiger charge is 2.14. The van der Waals surface area contributed by atoms with Crippen LogP contribution in [0.2, 0.25) is 0 Å². The number of benzene rings is 2. The van der Waals surface area contributed by atoms with Crippen molar-refractivity contribution in [2.45, 2.75) is 45.8 Å². The lowest BCUT2D eigenvalue weighted by atomic mass is 9.97. The molecule has 3 nitrogen and oxygen atoms in total. The van der Waals surface area contributed by atoms with Gasteiger partial charge < -0.3 is 9.67 Å². The molecule has 3 heteroatoms. The van der Waals surface area contributed by atoms with Crippen LogP contribution in [0, 0.1) is 0 Å². The standard InChI is InChI=1S/C20H24N2O/c1-4-14(2)17-11-9-16(10-12-17)13-22-19-8-6-5-7-18(19)21-20(22)15(3)23/h5-12,14-15,23H,4,13H2,1-3H3/t14-,15+/m0/s1. The molecule has 0 radical (unpaired) electrons. The zero-order chi connectivity index (χ0) is 16.4. The van der Waals surface area contributed by atoms with Gasteiger partial charge in [0.15, 0.2) is 0 Å². The van der Waals surface area contributed by atoms with E-state index < -0.39 is 6.10 Å². The lowest BCUT2D eigenvalue weighted by Crippen LogP contribution is -2.08. The van der Waals surface area contributed by atoms with Crippen molar-refractivity contribution in [3.63, 3.8) is 0 Å². The lowest BCUT2D eigenvalue weighted by Gasteiger charge is -2.13. The van der Waals surface area contributed by atoms with E-state index in [9.17, 15) is 5.11 Å². The largest absolute Gasteiger partial charge is 0.385 e. The Kier molecular flexibility index (Phi) is 4.49. The summed E-state index contributed by atoms with van der Waals surface area (Å²) in [6, 6.07) is 16.8. The maximum atomic E-state index is 10.0. The zero-order valence-electron chi connectivity index (χ0n) is 14.0. The summed E-state index contributed by atoms with van der Waals surface area (Å²) in [5.74, 6) is 1.31. The number of rotatable bonds is 5. The first-order chi connectivity index (χ1) is 11.1. The Labute approximate surface area is 137 Å². The van der Waals surface area contributed by atoms with Gasteiger partial charge in [-0.15, -0.1) is 0 Å². The molecule has 0 spiro atoms. The van der Waals surface area contributed by atoms with E-state index in [2.05, 4.69) is 53.7 Å². The monoisotopic (exact) mass is 308 g/mol. The molecular weight excluding hydrogens is 284 g/mol. The van der Waals surface area contributed by atoms with Gasteiger partial charge in [-0.05, 0) is 42.5 Å². The topological polar surface area (TPSA) is 38.0 Å². The molecule has 23 heavy (non-hydrogen) atoms. The zero-order valence-corrected chi connectivity index (χ0v) is 14.0. The van der Waals surface area contributed by atoms with Gasteiger partial charge in [0, 0.05) is 6.54 Å². The van der Waals surface area contributed by atoms with Crippen LogP contribution in [0.25, 0.3) is 11.0 Å². The van der Waals surface area contributed by atoms with Gasteiger partial charge in [-0.1, -0.05) is 50.2 Å². The molecule has 2 atom stereocenters. The molecule has 1 heterocycles. The third-order valence-corrected chi connectivity index (χ3v) is 4.56. The van der Waals surface area contributed by atoms with E-state index in [-0.39, 0.29) is 0 Å². The average Bonchev–Trinajstić information content (AvgIpc) is 2.94. The number of aromatic nitrogens is 2. The summed E-state index contributed by atoms with van der Waals surface area (Å²) in [6.07, 6.45) is 0.569. The summed E-state index contributed by atoms with van der Waals surface area (Å²) >= 11 is 0. The van der Waals surface area contributed by atoms with Gasteiger partial charge in [0.1, 0.15) is 11.9 Å². The minimum atomic E-state index is -0.582. The van der Waals surface area contributed by atoms with Crippen molar-refractivity contribution in [3.05, 3.63) is 65.5 Å². The molecule has 120 valence electrons. The maximum Gasteiger partial charge on any atom is 0.138 e. The maximum absolute atomic E-state index is 10.0. The summed E-state index contributed by atoms with van der Waals surface area (Å²) in [4.78, 5) is 4.58. The third-order valence-electron chi connectivity index (χ3n) is 4.56. The predicted octanol–water partition coefficient (Wildman–Crippen LogP) is 4.65. The Morgan fingerprint density at radius 1 is 1.04 bits per heavy atom. The fourth-order valence-electron chi connectivity index (χ4n) is 2.95. The van der Waals surface area contributed by atoms with Gasteiger partial charge in [-0.3, -0.25) is 0 Å². The summed E-state index contributed by atoms with van der Waals surface area (Å²) < 4.78 is 2.11. The molecule has 3 aromatic rings. The van der Waals surface area contributed by atoms with Crippen molar-refractivity contribution < 1.29 is 5.11 Å². The average molecular weight is 308 g/mol. The van der Waals surface area contributed by atoms with Gasteiger partial charge in [-0.2, -0.15) is 0 Å². The van der Waals surface area contributed by atoms with Crippen LogP contribution in [0.3, 0.4) is 0 Å². The van der Waals surface area contributed by atoms with Gasteiger partial charge in [-0.25, -0.2) is 4.98 Å². The van der Waals surface area contributed by atoms with Crippen LogP contribution in [0.1, 0.15) is 56.2 Å². The Hall–Kier alpha value is -2.13. The van der Waals surface area contributed by atoms with E-state index in [0.29, 0.717) is 5.92 Å². The van der Waals surface area contributed by atoms with Crippen LogP contribution in [-0.4, -0.2) is 14.7 Å². The Morgan fingerprint density at radius 2 is 1.74 bits per heavy atom. The second-order valence-electron chi connectivity index (χ2n) is 6.27. The molecular formula is C20H24N2O. The molecule has 0 unspecified atom stereocenters. The summed E-state index contributed by atoms with van der Waals surface area (Å²) in [5.41, 5.74) is 4.60. The van der Waals surface area contributed by atoms with Gasteiger partial charge >= 0.3 is 0 Å². The second-order valence-corrected chi connectivity index (χ2v) is 6.27. The van der Waals surface area contributed by atoms with E-state index in [4.69, 9.17) is 0 Å². The molecule has 0 fully saturated rings. The predicted molar refractivity (Wildman–Crippen MR) is 94.6 cm³/mol. The van der Waals surface area contributed by atoms with E-state index in [1.807, 2.05) is 18.2 Å². The van der Waals surface area contributed by atoms with E-state index in [1.165, 1.54) is 11.1 Å². The number of nitrogens with zero attached hydrogens (tertiary/aromatic N) is 2. The van der Waals surface area contributed by atoms with Crippen LogP contribution in [-0.2, 0) is 6.54 Å². The molecule has 0 aliphatic carbocycles. The fraction of sp³-hybridized carbons (Fsp3) is 0.350. The number of imidazole rings is 1. The molecule has 0 saturated heterocycles. The molecule has 1 N–H and O–H groups in total. The summed E-state index contributed by atoms with van der Waals surface area (Å²) in [7, 11) is 0. The van der Waals surface area contributed by atoms with Crippen LogP contribution in [0.15, 0.2) is 48.5 Å². The lowest BCUT2D eigenvalue weighted by molar-refractivity contribution is 0.185. The normalized spacial score (nSPS) is 14.1. The molecule has 0 aliphatic heterocycles. The highest BCUT2D eigenvalue weighted by Crippen LogP contribution is 2.23. The van der Waals surface area contributed by atoms with Crippen LogP contribution >= 0.6 is 0 Å². The summed E-state index contributed by atoms with van der Waals surface area (Å²) in [5, 5.41) is 10.0. The van der Waals surface area contributed by atoms with E-state index in [1.54, 1.807) is 6.92 Å². The molecule has 3 rings (SSSR count). The van der Waals surface area contributed by atoms with Crippen molar-refractivity contribution in [3.8, 4) is 0 Å². The first kappa shape index (κ1) is 15.8. The van der Waals surface area contributed by atoms with E-state index in [0.717, 1.165) is 29.8 Å². The Balaban J connectivity index is 1.96. The number of para-hydroxylation sites is 2. The van der Waals surface area contributed by atoms with Crippen molar-refractivity contribution in [1.29, 1.82) is 0 Å². The van der Waals surface area contributed by atoms with Crippen molar-refractivity contribution in [2.75, 3.05) is 0 Å². The number of fused-ring (bicyclic) bond motifs is 1. The van der Waals surface area contributed by atoms with Crippen molar-refractivity contribution in [2.24, 2.45) is 0 Å². The highest BCUT2D eigenvalue weighted by atomic mass is 16.3. The SMILES string of the molecule is CC[C@H](C)c1ccc(Cn2c([C@@H](C)O)nc3ccccc32)cc1. The third kappa shape index (κ3) is 3.15. The smallest absolute Gasteiger partial charge is 0.138 e. The van der Waals surface area contributed by atoms with Gasteiger partial charge in [0.2, 0.25) is 0 Å². The highest BCUT2D eigenvalue weighted by molar-refractivity contribution is 5.76. The van der Waals surface area contributed by atoms with Gasteiger partial charge in [0.25, 0.3) is 0 Å². The fourth-order valence-corrected chi connectivity index (χ4v) is 2.95. The van der Waals surface area contributed by atoms with Crippen LogP contribution in [0.4, 0.5) is 0 Å². The molecule has 0 saturated carbocycles. The van der Waals surface area contributed by atoms with Crippen molar-refractivity contribution >= 4 is 11.0 Å². The number of aliphatic hydroxyl groups is 1. The van der Waals surface area contributed by atoms with Gasteiger partial charge in [0.05, 0.1) is 11.0 Å². The first-order valence-electron chi connectivity index (χ1n) is 8.32. The Bertz CT molecular complexity index is 787. The molecule has 2 aromatic carbocycles. The number of hydrogen-bond acceptors (Lipinski definition) is 2. The van der Waals surface area contributed by atoms with Crippen molar-refractivity contribution in [1.82, 2.24) is 9.55 Å². The van der Waals surface area contributed by atoms with Crippen LogP contribution in [0.5, 0.6) is 0 Å². The minimum absolute atomic E-state index is 0.582. The number of aliphatic hydroxyl groups excluding tert-OH is 1. The number of hydrogen-bond donors (Lipinski definition) is 1. The molecule has 0 aliphatic rings. The molecule has 1 aromatic heterocycles. The molecule has 0 bridgehead atoms.